The Hall–Kier alpha value is -4.16. The van der Waals surface area contributed by atoms with Gasteiger partial charge >= 0.3 is 0 Å². The fourth-order valence-electron chi connectivity index (χ4n) is 5.04. The van der Waals surface area contributed by atoms with Gasteiger partial charge in [0.25, 0.3) is 0 Å². The largest absolute Gasteiger partial charge is 0.495 e. The molecule has 1 saturated heterocycles. The lowest BCUT2D eigenvalue weighted by atomic mass is 10.0. The molecular formula is C29H30ClFN4O6S. The monoisotopic (exact) mass is 616 g/mol. The highest BCUT2D eigenvalue weighted by molar-refractivity contribution is 7.90. The molecule has 0 radical (unpaired) electrons. The number of nitrogens with zero attached hydrogens (tertiary/aromatic N) is 1. The van der Waals surface area contributed by atoms with Crippen LogP contribution < -0.4 is 21.1 Å². The van der Waals surface area contributed by atoms with E-state index in [-0.39, 0.29) is 34.3 Å². The Labute approximate surface area is 247 Å². The van der Waals surface area contributed by atoms with E-state index in [0.29, 0.717) is 34.7 Å². The topological polar surface area (TPSA) is 148 Å². The van der Waals surface area contributed by atoms with Crippen LogP contribution in [0.1, 0.15) is 53.3 Å². The van der Waals surface area contributed by atoms with Crippen molar-refractivity contribution in [3.05, 3.63) is 82.1 Å². The van der Waals surface area contributed by atoms with E-state index in [9.17, 15) is 27.2 Å². The molecule has 2 atom stereocenters. The number of halogens is 2. The van der Waals surface area contributed by atoms with Crippen LogP contribution in [0.5, 0.6) is 5.75 Å². The summed E-state index contributed by atoms with van der Waals surface area (Å²) in [6.45, 7) is 1.61. The summed E-state index contributed by atoms with van der Waals surface area (Å²) in [6, 6.07) is 10.7. The van der Waals surface area contributed by atoms with Crippen molar-refractivity contribution >= 4 is 50.5 Å². The molecule has 42 heavy (non-hydrogen) atoms. The number of hydrogen-bond donors (Lipinski definition) is 3. The third kappa shape index (κ3) is 6.66. The molecule has 13 heteroatoms. The summed E-state index contributed by atoms with van der Waals surface area (Å²) in [7, 11) is -2.30. The van der Waals surface area contributed by atoms with E-state index < -0.39 is 39.6 Å². The van der Waals surface area contributed by atoms with Crippen LogP contribution >= 0.6 is 11.6 Å². The second-order valence-corrected chi connectivity index (χ2v) is 12.3. The van der Waals surface area contributed by atoms with Crippen molar-refractivity contribution in [2.24, 2.45) is 5.73 Å². The van der Waals surface area contributed by atoms with Crippen LogP contribution in [0.2, 0.25) is 5.02 Å². The predicted octanol–water partition coefficient (Wildman–Crippen LogP) is 4.47. The number of anilines is 2. The molecule has 3 amide bonds. The van der Waals surface area contributed by atoms with Crippen molar-refractivity contribution in [3.63, 3.8) is 0 Å². The van der Waals surface area contributed by atoms with Crippen molar-refractivity contribution < 1.29 is 31.9 Å². The normalized spacial score (nSPS) is 15.6. The zero-order chi connectivity index (χ0) is 30.8. The molecule has 0 aromatic heterocycles. The van der Waals surface area contributed by atoms with Gasteiger partial charge in [-0.25, -0.2) is 12.8 Å². The molecule has 4 rings (SSSR count). The fraction of sp³-hybridized carbons (Fsp3) is 0.276. The number of likely N-dealkylation sites (tertiary alicyclic amines) is 1. The second kappa shape index (κ2) is 12.4. The van der Waals surface area contributed by atoms with E-state index in [2.05, 4.69) is 10.6 Å². The summed E-state index contributed by atoms with van der Waals surface area (Å²) in [5.74, 6) is -2.05. The van der Waals surface area contributed by atoms with Gasteiger partial charge in [-0.1, -0.05) is 17.7 Å². The zero-order valence-corrected chi connectivity index (χ0v) is 24.7. The Morgan fingerprint density at radius 2 is 1.86 bits per heavy atom. The van der Waals surface area contributed by atoms with Crippen LogP contribution in [0.3, 0.4) is 0 Å². The first-order valence-corrected chi connectivity index (χ1v) is 15.2. The molecule has 4 N–H and O–H groups in total. The highest BCUT2D eigenvalue weighted by atomic mass is 35.5. The number of ether oxygens (including phenoxy) is 1. The maximum atomic E-state index is 14.9. The molecule has 0 spiro atoms. The number of benzene rings is 3. The summed E-state index contributed by atoms with van der Waals surface area (Å²) in [5, 5.41) is 5.86. The molecule has 1 heterocycles. The summed E-state index contributed by atoms with van der Waals surface area (Å²) in [5.41, 5.74) is 6.40. The minimum atomic E-state index is -3.71. The molecular weight excluding hydrogens is 587 g/mol. The third-order valence-corrected chi connectivity index (χ3v) is 8.41. The number of methoxy groups -OCH3 is 1. The van der Waals surface area contributed by atoms with Crippen LogP contribution in [-0.2, 0) is 19.4 Å². The van der Waals surface area contributed by atoms with Crippen molar-refractivity contribution in [2.75, 3.05) is 30.5 Å². The average Bonchev–Trinajstić information content (AvgIpc) is 3.41. The lowest BCUT2D eigenvalue weighted by molar-refractivity contribution is -0.133. The Morgan fingerprint density at radius 3 is 2.50 bits per heavy atom. The molecule has 0 saturated carbocycles. The molecule has 1 aliphatic heterocycles. The lowest BCUT2D eigenvalue weighted by Gasteiger charge is -2.31. The van der Waals surface area contributed by atoms with E-state index in [1.54, 1.807) is 12.1 Å². The quantitative estimate of drug-likeness (QED) is 0.321. The first-order chi connectivity index (χ1) is 19.8. The van der Waals surface area contributed by atoms with Gasteiger partial charge < -0.3 is 26.0 Å². The molecule has 1 fully saturated rings. The van der Waals surface area contributed by atoms with Gasteiger partial charge in [0, 0.05) is 31.0 Å². The van der Waals surface area contributed by atoms with E-state index in [1.165, 1.54) is 55.3 Å². The van der Waals surface area contributed by atoms with Gasteiger partial charge in [-0.15, -0.1) is 0 Å². The highest BCUT2D eigenvalue weighted by Crippen LogP contribution is 2.40. The highest BCUT2D eigenvalue weighted by Gasteiger charge is 2.37. The van der Waals surface area contributed by atoms with E-state index in [1.807, 2.05) is 0 Å². The number of rotatable bonds is 9. The fourth-order valence-corrected chi connectivity index (χ4v) is 6.17. The maximum absolute atomic E-state index is 14.9. The van der Waals surface area contributed by atoms with E-state index in [4.69, 9.17) is 22.1 Å². The molecule has 0 unspecified atom stereocenters. The van der Waals surface area contributed by atoms with Crippen molar-refractivity contribution in [3.8, 4) is 5.75 Å². The zero-order valence-electron chi connectivity index (χ0n) is 23.1. The standard InChI is InChI=1S/C29H30ClFN4O6S/c1-16(36)33-19-8-11-26(42(3,39)40)20(15-19)24-5-4-12-35(24)29(38)27(17-6-9-21(30)25(14-17)41-2)34-23-13-18(28(32)37)7-10-22(23)31/h6-11,13-15,24,27,34H,4-5,12H2,1-3H3,(H2,32,37)(H,33,36)/t24-,27-/m1/s1. The van der Waals surface area contributed by atoms with Gasteiger partial charge in [0.1, 0.15) is 17.6 Å². The predicted molar refractivity (Wildman–Crippen MR) is 157 cm³/mol. The van der Waals surface area contributed by atoms with E-state index in [0.717, 1.165) is 12.3 Å². The summed E-state index contributed by atoms with van der Waals surface area (Å²) in [6.07, 6.45) is 2.08. The number of sulfone groups is 1. The third-order valence-electron chi connectivity index (χ3n) is 6.93. The number of nitrogens with two attached hydrogens (primary N) is 1. The van der Waals surface area contributed by atoms with Gasteiger partial charge in [0.2, 0.25) is 17.7 Å². The van der Waals surface area contributed by atoms with Gasteiger partial charge in [-0.3, -0.25) is 14.4 Å². The Bertz CT molecular complexity index is 1670. The minimum absolute atomic E-state index is 0.0270. The first kappa shape index (κ1) is 30.8. The van der Waals surface area contributed by atoms with Gasteiger partial charge in [0.15, 0.2) is 9.84 Å². The van der Waals surface area contributed by atoms with Crippen LogP contribution in [0.4, 0.5) is 15.8 Å². The van der Waals surface area contributed by atoms with Crippen molar-refractivity contribution in [1.82, 2.24) is 4.90 Å². The molecule has 3 aromatic rings. The molecule has 0 bridgehead atoms. The summed E-state index contributed by atoms with van der Waals surface area (Å²) >= 11 is 6.22. The average molecular weight is 617 g/mol. The Kier molecular flexibility index (Phi) is 9.07. The maximum Gasteiger partial charge on any atom is 0.250 e. The number of carbonyl (C=O) groups is 3. The number of nitrogens with one attached hydrogen (secondary N) is 2. The van der Waals surface area contributed by atoms with Crippen LogP contribution in [0, 0.1) is 5.82 Å². The second-order valence-electron chi connectivity index (χ2n) is 9.93. The van der Waals surface area contributed by atoms with Gasteiger partial charge in [-0.2, -0.15) is 0 Å². The molecule has 3 aromatic carbocycles. The van der Waals surface area contributed by atoms with Crippen LogP contribution in [-0.4, -0.2) is 50.9 Å². The SMILES string of the molecule is COc1cc([C@@H](Nc2cc(C(N)=O)ccc2F)C(=O)N2CCC[C@@H]2c2cc(NC(C)=O)ccc2S(C)(=O)=O)ccc1Cl. The number of primary amides is 1. The van der Waals surface area contributed by atoms with Crippen molar-refractivity contribution in [2.45, 2.75) is 36.7 Å². The molecule has 10 nitrogen and oxygen atoms in total. The first-order valence-electron chi connectivity index (χ1n) is 12.9. The lowest BCUT2D eigenvalue weighted by Crippen LogP contribution is -2.38. The van der Waals surface area contributed by atoms with Gasteiger partial charge in [-0.05, 0) is 72.5 Å². The van der Waals surface area contributed by atoms with Gasteiger partial charge in [0.05, 0.1) is 28.8 Å². The molecule has 1 aliphatic rings. The molecule has 0 aliphatic carbocycles. The van der Waals surface area contributed by atoms with Crippen LogP contribution in [0.25, 0.3) is 0 Å². The van der Waals surface area contributed by atoms with E-state index >= 15 is 0 Å². The van der Waals surface area contributed by atoms with Crippen LogP contribution in [0.15, 0.2) is 59.5 Å². The number of carbonyl (C=O) groups excluding carboxylic acids is 3. The smallest absolute Gasteiger partial charge is 0.250 e. The number of amides is 3. The summed E-state index contributed by atoms with van der Waals surface area (Å²) in [4.78, 5) is 39.4. The Morgan fingerprint density at radius 1 is 1.12 bits per heavy atom. The number of hydrogen-bond acceptors (Lipinski definition) is 7. The van der Waals surface area contributed by atoms with Crippen molar-refractivity contribution in [1.29, 1.82) is 0 Å². The summed E-state index contributed by atoms with van der Waals surface area (Å²) < 4.78 is 45.7. The Balaban J connectivity index is 1.82. The molecule has 222 valence electrons. The minimum Gasteiger partial charge on any atom is -0.495 e.